The summed E-state index contributed by atoms with van der Waals surface area (Å²) >= 11 is -2.47. The molecule has 0 aliphatic rings. The first-order valence-electron chi connectivity index (χ1n) is 16.9. The largest absolute Gasteiger partial charge is 0.494 e. The van der Waals surface area contributed by atoms with Gasteiger partial charge in [0, 0.05) is 11.5 Å². The molecule has 4 aromatic rings. The van der Waals surface area contributed by atoms with Crippen molar-refractivity contribution in [2.75, 3.05) is 13.2 Å². The maximum Gasteiger partial charge on any atom is 0.388 e. The van der Waals surface area contributed by atoms with E-state index in [2.05, 4.69) is 0 Å². The fourth-order valence-electron chi connectivity index (χ4n) is 4.92. The third-order valence-corrected chi connectivity index (χ3v) is 10.5. The van der Waals surface area contributed by atoms with Crippen LogP contribution in [0.5, 0.6) is 11.5 Å². The number of ether oxygens (including phenoxy) is 2. The summed E-state index contributed by atoms with van der Waals surface area (Å²) in [6, 6.07) is 23.6. The van der Waals surface area contributed by atoms with E-state index in [1.165, 1.54) is 48.5 Å². The minimum atomic E-state index is -7.64. The van der Waals surface area contributed by atoms with Crippen LogP contribution in [0.15, 0.2) is 97.1 Å². The van der Waals surface area contributed by atoms with Crippen molar-refractivity contribution in [3.8, 4) is 33.8 Å². The SMILES string of the molecule is CCCCOc1ccc(-c2ccc(CSC(F)(F)C(F)(F)C(F)(F)C(F)(F)C(F)(F)C(F)(F)SCc3ccc(-c4ccc(OCCC)cc4)cc3)cc2)cc1. The predicted molar refractivity (Wildman–Crippen MR) is 192 cm³/mol. The molecule has 0 heterocycles. The average molecular weight is 829 g/mol. The van der Waals surface area contributed by atoms with Gasteiger partial charge in [0.05, 0.1) is 13.2 Å². The van der Waals surface area contributed by atoms with Gasteiger partial charge in [-0.3, -0.25) is 0 Å². The zero-order valence-corrected chi connectivity index (χ0v) is 31.0. The average Bonchev–Trinajstić information content (AvgIpc) is 3.16. The summed E-state index contributed by atoms with van der Waals surface area (Å²) in [5.74, 6) is -30.8. The first-order valence-corrected chi connectivity index (χ1v) is 18.9. The second-order valence-corrected chi connectivity index (χ2v) is 14.6. The molecule has 0 unspecified atom stereocenters. The Bertz CT molecular complexity index is 1800. The first kappa shape index (κ1) is 44.1. The maximum atomic E-state index is 14.6. The highest BCUT2D eigenvalue weighted by atomic mass is 32.2. The van der Waals surface area contributed by atoms with Crippen molar-refractivity contribution in [2.45, 2.75) is 78.8 Å². The van der Waals surface area contributed by atoms with E-state index in [0.717, 1.165) is 19.3 Å². The topological polar surface area (TPSA) is 18.5 Å². The molecule has 4 aromatic carbocycles. The van der Waals surface area contributed by atoms with Gasteiger partial charge in [-0.2, -0.15) is 52.7 Å². The van der Waals surface area contributed by atoms with E-state index in [1.807, 2.05) is 13.8 Å². The van der Waals surface area contributed by atoms with E-state index in [9.17, 15) is 52.7 Å². The van der Waals surface area contributed by atoms with Gasteiger partial charge in [-0.1, -0.05) is 117 Å². The Kier molecular flexibility index (Phi) is 14.1. The van der Waals surface area contributed by atoms with Gasteiger partial charge in [-0.15, -0.1) is 0 Å². The van der Waals surface area contributed by atoms with Crippen molar-refractivity contribution in [3.05, 3.63) is 108 Å². The molecule has 0 aromatic heterocycles. The highest BCUT2D eigenvalue weighted by Crippen LogP contribution is 2.63. The lowest BCUT2D eigenvalue weighted by molar-refractivity contribution is -0.405. The predicted octanol–water partition coefficient (Wildman–Crippen LogP) is 13.9. The fraction of sp³-hybridized carbons (Fsp3) is 0.385. The molecule has 0 aliphatic heterocycles. The Morgan fingerprint density at radius 2 is 0.709 bits per heavy atom. The molecule has 0 spiro atoms. The molecule has 0 saturated carbocycles. The van der Waals surface area contributed by atoms with Crippen LogP contribution in [0.4, 0.5) is 52.7 Å². The summed E-state index contributed by atoms with van der Waals surface area (Å²) in [6.07, 6.45) is 2.55. The van der Waals surface area contributed by atoms with Gasteiger partial charge in [0.1, 0.15) is 11.5 Å². The first-order chi connectivity index (χ1) is 25.7. The van der Waals surface area contributed by atoms with Crippen molar-refractivity contribution in [3.63, 3.8) is 0 Å². The Labute approximate surface area is 319 Å². The fourth-order valence-corrected chi connectivity index (χ4v) is 6.62. The summed E-state index contributed by atoms with van der Waals surface area (Å²) in [5.41, 5.74) is 2.07. The van der Waals surface area contributed by atoms with Crippen LogP contribution in [0, 0.1) is 0 Å². The van der Waals surface area contributed by atoms with Crippen molar-refractivity contribution < 1.29 is 62.2 Å². The molecule has 0 amide bonds. The van der Waals surface area contributed by atoms with Gasteiger partial charge in [0.15, 0.2) is 0 Å². The smallest absolute Gasteiger partial charge is 0.388 e. The second-order valence-electron chi connectivity index (χ2n) is 12.4. The van der Waals surface area contributed by atoms with Crippen LogP contribution in [0.3, 0.4) is 0 Å². The zero-order chi connectivity index (χ0) is 40.7. The Morgan fingerprint density at radius 3 is 1.02 bits per heavy atom. The van der Waals surface area contributed by atoms with E-state index >= 15 is 0 Å². The molecule has 0 bridgehead atoms. The van der Waals surface area contributed by atoms with E-state index in [-0.39, 0.29) is 11.1 Å². The normalized spacial score (nSPS) is 13.2. The molecule has 0 saturated heterocycles. The number of hydrogen-bond acceptors (Lipinski definition) is 4. The van der Waals surface area contributed by atoms with Crippen LogP contribution < -0.4 is 9.47 Å². The number of halogens is 12. The molecule has 0 aliphatic carbocycles. The minimum absolute atomic E-state index is 0.143. The number of benzene rings is 4. The van der Waals surface area contributed by atoms with Gasteiger partial charge in [0.2, 0.25) is 0 Å². The van der Waals surface area contributed by atoms with Gasteiger partial charge in [0.25, 0.3) is 0 Å². The summed E-state index contributed by atoms with van der Waals surface area (Å²) in [5, 5.41) is -12.2. The lowest BCUT2D eigenvalue weighted by Gasteiger charge is -2.40. The monoisotopic (exact) mass is 828 g/mol. The third kappa shape index (κ3) is 9.66. The lowest BCUT2D eigenvalue weighted by atomic mass is 9.98. The van der Waals surface area contributed by atoms with E-state index in [1.54, 1.807) is 48.5 Å². The summed E-state index contributed by atoms with van der Waals surface area (Å²) in [7, 11) is 0. The molecule has 55 heavy (non-hydrogen) atoms. The molecule has 300 valence electrons. The third-order valence-electron chi connectivity index (χ3n) is 8.28. The number of hydrogen-bond donors (Lipinski definition) is 0. The number of rotatable bonds is 20. The van der Waals surface area contributed by atoms with Crippen LogP contribution >= 0.6 is 23.5 Å². The molecule has 0 fully saturated rings. The molecule has 4 rings (SSSR count). The summed E-state index contributed by atoms with van der Waals surface area (Å²) < 4.78 is 186. The van der Waals surface area contributed by atoms with Crippen LogP contribution in [0.1, 0.15) is 44.2 Å². The molecule has 16 heteroatoms. The number of unbranched alkanes of at least 4 members (excludes halogenated alkanes) is 1. The Hall–Kier alpha value is -3.66. The van der Waals surface area contributed by atoms with Crippen molar-refractivity contribution >= 4 is 23.5 Å². The molecule has 2 nitrogen and oxygen atoms in total. The highest BCUT2D eigenvalue weighted by Gasteiger charge is 2.90. The molecule has 0 radical (unpaired) electrons. The molecule has 0 N–H and O–H groups in total. The minimum Gasteiger partial charge on any atom is -0.494 e. The van der Waals surface area contributed by atoms with Crippen molar-refractivity contribution in [1.29, 1.82) is 0 Å². The Morgan fingerprint density at radius 1 is 0.400 bits per heavy atom. The lowest BCUT2D eigenvalue weighted by Crippen LogP contribution is -2.69. The molecular weight excluding hydrogens is 793 g/mol. The van der Waals surface area contributed by atoms with Gasteiger partial charge in [-0.05, 0) is 70.5 Å². The van der Waals surface area contributed by atoms with Crippen LogP contribution in [0.25, 0.3) is 22.3 Å². The molecule has 0 atom stereocenters. The maximum absolute atomic E-state index is 14.6. The summed E-state index contributed by atoms with van der Waals surface area (Å²) in [4.78, 5) is 0. The number of thioether (sulfide) groups is 2. The van der Waals surface area contributed by atoms with Crippen molar-refractivity contribution in [2.24, 2.45) is 0 Å². The molecular formula is C39H36F12O2S2. The van der Waals surface area contributed by atoms with Gasteiger partial charge >= 0.3 is 34.2 Å². The quantitative estimate of drug-likeness (QED) is 0.0652. The van der Waals surface area contributed by atoms with Crippen LogP contribution in [-0.4, -0.2) is 47.4 Å². The second kappa shape index (κ2) is 17.6. The van der Waals surface area contributed by atoms with Crippen LogP contribution in [-0.2, 0) is 11.5 Å². The standard InChI is InChI=1S/C39H36F12O2S2/c1-3-5-23-53-33-20-16-31(17-21-33)29-12-8-27(9-13-29)25-55-39(50,51)37(46,47)35(42,43)34(40,41)36(44,45)38(48,49)54-24-26-6-10-28(11-7-26)30-14-18-32(19-15-30)52-22-4-2/h6-21H,3-5,22-25H2,1-2H3. The van der Waals surface area contributed by atoms with Crippen LogP contribution in [0.2, 0.25) is 0 Å². The van der Waals surface area contributed by atoms with Crippen molar-refractivity contribution in [1.82, 2.24) is 0 Å². The summed E-state index contributed by atoms with van der Waals surface area (Å²) in [6.45, 7) is 4.90. The number of alkyl halides is 12. The van der Waals surface area contributed by atoms with E-state index in [4.69, 9.17) is 9.47 Å². The van der Waals surface area contributed by atoms with E-state index in [0.29, 0.717) is 47.0 Å². The Balaban J connectivity index is 1.40. The van der Waals surface area contributed by atoms with Gasteiger partial charge < -0.3 is 9.47 Å². The zero-order valence-electron chi connectivity index (χ0n) is 29.4. The van der Waals surface area contributed by atoms with Gasteiger partial charge in [-0.25, -0.2) is 0 Å². The van der Waals surface area contributed by atoms with E-state index < -0.39 is 69.2 Å². The highest BCUT2D eigenvalue weighted by molar-refractivity contribution is 7.99.